The lowest BCUT2D eigenvalue weighted by molar-refractivity contribution is 0.250. The third-order valence-corrected chi connectivity index (χ3v) is 3.36. The van der Waals surface area contributed by atoms with Gasteiger partial charge in [-0.25, -0.2) is 0 Å². The molecule has 2 rings (SSSR count). The van der Waals surface area contributed by atoms with E-state index in [2.05, 4.69) is 28.9 Å². The number of aromatic nitrogens is 2. The summed E-state index contributed by atoms with van der Waals surface area (Å²) in [5, 5.41) is 7.17. The van der Waals surface area contributed by atoms with E-state index < -0.39 is 0 Å². The highest BCUT2D eigenvalue weighted by Crippen LogP contribution is 2.31. The largest absolute Gasteiger partial charge is 0.480 e. The van der Waals surface area contributed by atoms with Gasteiger partial charge in [0.1, 0.15) is 0 Å². The standard InChI is InChI=1S/C13H23N3O/c1-4-7-16(8-11-5-6-11)9-12-10(2)14-15-13(12)17-3/h11H,4-9H2,1-3H3,(H,14,15). The molecule has 1 N–H and O–H groups in total. The third kappa shape index (κ3) is 3.22. The quantitative estimate of drug-likeness (QED) is 0.791. The van der Waals surface area contributed by atoms with Crippen LogP contribution in [0.5, 0.6) is 5.88 Å². The molecule has 0 saturated heterocycles. The van der Waals surface area contributed by atoms with Crippen molar-refractivity contribution in [3.8, 4) is 5.88 Å². The average Bonchev–Trinajstić information content (AvgIpc) is 3.05. The summed E-state index contributed by atoms with van der Waals surface area (Å²) in [6.07, 6.45) is 4.01. The molecule has 0 atom stereocenters. The van der Waals surface area contributed by atoms with Gasteiger partial charge in [0.2, 0.25) is 5.88 Å². The molecule has 0 aliphatic heterocycles. The molecule has 0 spiro atoms. The normalized spacial score (nSPS) is 15.5. The first-order valence-electron chi connectivity index (χ1n) is 6.54. The fourth-order valence-electron chi connectivity index (χ4n) is 2.23. The minimum absolute atomic E-state index is 0.749. The summed E-state index contributed by atoms with van der Waals surface area (Å²) in [5.74, 6) is 1.68. The van der Waals surface area contributed by atoms with Crippen molar-refractivity contribution in [1.82, 2.24) is 15.1 Å². The molecule has 1 aliphatic rings. The molecule has 1 saturated carbocycles. The Morgan fingerprint density at radius 1 is 1.47 bits per heavy atom. The Balaban J connectivity index is 2.01. The molecule has 0 radical (unpaired) electrons. The van der Waals surface area contributed by atoms with Crippen molar-refractivity contribution in [3.05, 3.63) is 11.3 Å². The number of nitrogens with zero attached hydrogens (tertiary/aromatic N) is 2. The molecular formula is C13H23N3O. The van der Waals surface area contributed by atoms with Gasteiger partial charge in [0.15, 0.2) is 0 Å². The van der Waals surface area contributed by atoms with E-state index in [1.54, 1.807) is 7.11 Å². The van der Waals surface area contributed by atoms with Gasteiger partial charge in [-0.1, -0.05) is 6.92 Å². The molecule has 17 heavy (non-hydrogen) atoms. The fraction of sp³-hybridized carbons (Fsp3) is 0.769. The predicted octanol–water partition coefficient (Wildman–Crippen LogP) is 2.35. The molecule has 0 amide bonds. The Labute approximate surface area is 103 Å². The summed E-state index contributed by atoms with van der Waals surface area (Å²) >= 11 is 0. The molecule has 1 aromatic heterocycles. The van der Waals surface area contributed by atoms with Gasteiger partial charge < -0.3 is 4.74 Å². The van der Waals surface area contributed by atoms with Gasteiger partial charge in [-0.15, -0.1) is 5.10 Å². The van der Waals surface area contributed by atoms with Crippen molar-refractivity contribution in [2.45, 2.75) is 39.7 Å². The maximum Gasteiger partial charge on any atom is 0.237 e. The van der Waals surface area contributed by atoms with Crippen LogP contribution < -0.4 is 4.74 Å². The Bertz CT molecular complexity index is 358. The highest BCUT2D eigenvalue weighted by Gasteiger charge is 2.25. The molecule has 0 aromatic carbocycles. The van der Waals surface area contributed by atoms with Crippen molar-refractivity contribution in [2.24, 2.45) is 5.92 Å². The monoisotopic (exact) mass is 237 g/mol. The number of hydrogen-bond acceptors (Lipinski definition) is 3. The first kappa shape index (κ1) is 12.4. The number of ether oxygens (including phenoxy) is 1. The number of aryl methyl sites for hydroxylation is 1. The molecule has 96 valence electrons. The van der Waals surface area contributed by atoms with Crippen molar-refractivity contribution >= 4 is 0 Å². The zero-order chi connectivity index (χ0) is 12.3. The highest BCUT2D eigenvalue weighted by molar-refractivity contribution is 5.29. The Hall–Kier alpha value is -1.03. The Morgan fingerprint density at radius 2 is 2.24 bits per heavy atom. The first-order chi connectivity index (χ1) is 8.24. The minimum Gasteiger partial charge on any atom is -0.480 e. The molecule has 4 nitrogen and oxygen atoms in total. The number of H-pyrrole nitrogens is 1. The van der Waals surface area contributed by atoms with Gasteiger partial charge in [0.25, 0.3) is 0 Å². The Morgan fingerprint density at radius 3 is 2.82 bits per heavy atom. The lowest BCUT2D eigenvalue weighted by Gasteiger charge is -2.21. The maximum atomic E-state index is 5.30. The van der Waals surface area contributed by atoms with Crippen LogP contribution in [0.25, 0.3) is 0 Å². The number of aromatic amines is 1. The van der Waals surface area contributed by atoms with Crippen molar-refractivity contribution in [1.29, 1.82) is 0 Å². The van der Waals surface area contributed by atoms with Crippen molar-refractivity contribution in [2.75, 3.05) is 20.2 Å². The first-order valence-corrected chi connectivity index (χ1v) is 6.54. The second-order valence-electron chi connectivity index (χ2n) is 5.01. The molecule has 4 heteroatoms. The van der Waals surface area contributed by atoms with Crippen LogP contribution in [0.15, 0.2) is 0 Å². The molecule has 0 bridgehead atoms. The van der Waals surface area contributed by atoms with Crippen molar-refractivity contribution in [3.63, 3.8) is 0 Å². The van der Waals surface area contributed by atoms with E-state index in [9.17, 15) is 0 Å². The summed E-state index contributed by atoms with van der Waals surface area (Å²) in [6.45, 7) is 7.63. The van der Waals surface area contributed by atoms with E-state index >= 15 is 0 Å². The van der Waals surface area contributed by atoms with Gasteiger partial charge >= 0.3 is 0 Å². The smallest absolute Gasteiger partial charge is 0.237 e. The number of methoxy groups -OCH3 is 1. The lowest BCUT2D eigenvalue weighted by atomic mass is 10.2. The van der Waals surface area contributed by atoms with Crippen LogP contribution in [0.2, 0.25) is 0 Å². The van der Waals surface area contributed by atoms with Gasteiger partial charge in [0, 0.05) is 18.8 Å². The summed E-state index contributed by atoms with van der Waals surface area (Å²) in [4.78, 5) is 2.53. The number of nitrogens with one attached hydrogen (secondary N) is 1. The van der Waals surface area contributed by atoms with Gasteiger partial charge in [0.05, 0.1) is 12.7 Å². The highest BCUT2D eigenvalue weighted by atomic mass is 16.5. The van der Waals surface area contributed by atoms with Crippen LogP contribution in [0, 0.1) is 12.8 Å². The van der Waals surface area contributed by atoms with Crippen LogP contribution in [0.1, 0.15) is 37.4 Å². The average molecular weight is 237 g/mol. The van der Waals surface area contributed by atoms with Crippen molar-refractivity contribution < 1.29 is 4.74 Å². The second kappa shape index (κ2) is 5.54. The molecule has 1 fully saturated rings. The summed E-state index contributed by atoms with van der Waals surface area (Å²) in [7, 11) is 1.68. The van der Waals surface area contributed by atoms with E-state index in [1.165, 1.54) is 31.4 Å². The Kier molecular flexibility index (Phi) is 4.05. The zero-order valence-electron chi connectivity index (χ0n) is 11.1. The minimum atomic E-state index is 0.749. The summed E-state index contributed by atoms with van der Waals surface area (Å²) in [6, 6.07) is 0. The van der Waals surface area contributed by atoms with Gasteiger partial charge in [-0.2, -0.15) is 0 Å². The van der Waals surface area contributed by atoms with Crippen LogP contribution in [-0.4, -0.2) is 35.3 Å². The van der Waals surface area contributed by atoms with Gasteiger partial charge in [-0.3, -0.25) is 10.00 Å². The zero-order valence-corrected chi connectivity index (χ0v) is 11.1. The van der Waals surface area contributed by atoms with E-state index in [0.717, 1.165) is 30.6 Å². The number of hydrogen-bond donors (Lipinski definition) is 1. The third-order valence-electron chi connectivity index (χ3n) is 3.36. The van der Waals surface area contributed by atoms with Crippen LogP contribution in [-0.2, 0) is 6.54 Å². The van der Waals surface area contributed by atoms with E-state index in [0.29, 0.717) is 0 Å². The molecular weight excluding hydrogens is 214 g/mol. The number of rotatable bonds is 7. The van der Waals surface area contributed by atoms with Crippen LogP contribution >= 0.6 is 0 Å². The molecule has 1 aromatic rings. The van der Waals surface area contributed by atoms with E-state index in [-0.39, 0.29) is 0 Å². The van der Waals surface area contributed by atoms with Gasteiger partial charge in [-0.05, 0) is 38.6 Å². The predicted molar refractivity (Wildman–Crippen MR) is 68.2 cm³/mol. The molecule has 1 heterocycles. The topological polar surface area (TPSA) is 41.1 Å². The second-order valence-corrected chi connectivity index (χ2v) is 5.01. The fourth-order valence-corrected chi connectivity index (χ4v) is 2.23. The SMILES string of the molecule is CCCN(Cc1c(OC)n[nH]c1C)CC1CC1. The summed E-state index contributed by atoms with van der Waals surface area (Å²) in [5.41, 5.74) is 2.33. The molecule has 0 unspecified atom stereocenters. The maximum absolute atomic E-state index is 5.30. The van der Waals surface area contributed by atoms with Crippen LogP contribution in [0.4, 0.5) is 0 Å². The van der Waals surface area contributed by atoms with Crippen LogP contribution in [0.3, 0.4) is 0 Å². The summed E-state index contributed by atoms with van der Waals surface area (Å²) < 4.78 is 5.30. The lowest BCUT2D eigenvalue weighted by Crippen LogP contribution is -2.26. The van der Waals surface area contributed by atoms with E-state index in [4.69, 9.17) is 4.74 Å². The van der Waals surface area contributed by atoms with E-state index in [1.807, 2.05) is 0 Å². The molecule has 1 aliphatic carbocycles.